The number of rotatable bonds is 9. The van der Waals surface area contributed by atoms with Crippen molar-refractivity contribution >= 4 is 18.3 Å². The van der Waals surface area contributed by atoms with Crippen LogP contribution in [0.3, 0.4) is 0 Å². The molecular weight excluding hydrogens is 752 g/mol. The first-order valence-electron chi connectivity index (χ1n) is 19.9. The van der Waals surface area contributed by atoms with Gasteiger partial charge < -0.3 is 74.1 Å². The minimum atomic E-state index is -2.10. The van der Waals surface area contributed by atoms with E-state index in [0.717, 1.165) is 0 Å². The van der Waals surface area contributed by atoms with E-state index < -0.39 is 120 Å². The number of cyclic esters (lactones) is 1. The van der Waals surface area contributed by atoms with Gasteiger partial charge in [-0.3, -0.25) is 4.79 Å². The molecular formula is C39H70N2O16. The van der Waals surface area contributed by atoms with Gasteiger partial charge in [-0.15, -0.1) is 0 Å². The molecule has 0 spiro atoms. The van der Waals surface area contributed by atoms with E-state index in [4.69, 9.17) is 43.6 Å². The molecule has 57 heavy (non-hydrogen) atoms. The number of hydrogen-bond donors (Lipinski definition) is 6. The van der Waals surface area contributed by atoms with Gasteiger partial charge in [0.15, 0.2) is 24.3 Å². The number of carbonyl (C=O) groups excluding carboxylic acids is 1. The Hall–Kier alpha value is -2.39. The number of aliphatic hydroxyl groups is 3. The van der Waals surface area contributed by atoms with Crippen LogP contribution in [-0.4, -0.2) is 160 Å². The Morgan fingerprint density at radius 3 is 2.07 bits per heavy atom. The maximum atomic E-state index is 14.5. The molecule has 3 aliphatic rings. The van der Waals surface area contributed by atoms with Crippen LogP contribution < -0.4 is 5.73 Å². The van der Waals surface area contributed by atoms with Crippen molar-refractivity contribution in [2.24, 2.45) is 29.4 Å². The zero-order valence-corrected chi connectivity index (χ0v) is 35.8. The summed E-state index contributed by atoms with van der Waals surface area (Å²) in [4.78, 5) is 40.7. The summed E-state index contributed by atoms with van der Waals surface area (Å²) in [5.41, 5.74) is 1.82. The number of aliphatic hydroxyl groups excluding tert-OH is 2. The second-order valence-electron chi connectivity index (χ2n) is 17.5. The lowest BCUT2D eigenvalue weighted by atomic mass is 9.72. The second-order valence-corrected chi connectivity index (χ2v) is 17.5. The van der Waals surface area contributed by atoms with Gasteiger partial charge in [-0.2, -0.15) is 0 Å². The van der Waals surface area contributed by atoms with Crippen molar-refractivity contribution in [2.45, 2.75) is 185 Å². The lowest BCUT2D eigenvalue weighted by Crippen LogP contribution is -2.63. The Morgan fingerprint density at radius 1 is 0.930 bits per heavy atom. The van der Waals surface area contributed by atoms with Gasteiger partial charge in [-0.1, -0.05) is 27.7 Å². The standard InChI is InChI=1S/C39H70N2O16/c1-14-25-39(10,57-36(47)48)32(56-35(45)46)20(4)27(40)18(2)16-37(8,49)31(55-34-28(42)24(41(11)12)15-19(3)51-34)21(5)29(22(6)33(44)53-25)54-26-17-38(9,50-13)30(43)23(7)52-26/h18-32,34,42-43,49H,14-17,40H2,1-13H3,(H,45,46)(H,47,48). The fraction of sp³-hybridized carbons (Fsp3) is 0.923. The third-order valence-electron chi connectivity index (χ3n) is 12.7. The lowest BCUT2D eigenvalue weighted by molar-refractivity contribution is -0.318. The van der Waals surface area contributed by atoms with Crippen LogP contribution in [0.5, 0.6) is 0 Å². The zero-order valence-electron chi connectivity index (χ0n) is 35.8. The molecule has 7 N–H and O–H groups in total. The van der Waals surface area contributed by atoms with E-state index in [1.165, 1.54) is 27.9 Å². The Labute approximate surface area is 336 Å². The molecule has 0 aromatic heterocycles. The SMILES string of the molecule is CCC1OC(=O)C(C)C(OC2CC(C)(OC)C(O)C(C)O2)C(C)C(OC2OC(C)CC(N(C)C)C2O)C(C)(O)CC(C)C(N)C(C)C(OC(=O)O)C1(C)OC(=O)O. The van der Waals surface area contributed by atoms with E-state index in [9.17, 15) is 39.9 Å². The lowest BCUT2D eigenvalue weighted by Gasteiger charge is -2.49. The minimum Gasteiger partial charge on any atom is -0.458 e. The van der Waals surface area contributed by atoms with Crippen molar-refractivity contribution in [2.75, 3.05) is 21.2 Å². The van der Waals surface area contributed by atoms with Crippen molar-refractivity contribution in [1.29, 1.82) is 0 Å². The van der Waals surface area contributed by atoms with E-state index in [1.807, 2.05) is 25.9 Å². The molecule has 19 unspecified atom stereocenters. The number of hydrogen-bond acceptors (Lipinski definition) is 16. The monoisotopic (exact) mass is 822 g/mol. The van der Waals surface area contributed by atoms with Crippen LogP contribution in [0.1, 0.15) is 94.9 Å². The van der Waals surface area contributed by atoms with Crippen molar-refractivity contribution in [3.63, 3.8) is 0 Å². The molecule has 0 amide bonds. The number of ether oxygens (including phenoxy) is 8. The molecule has 0 aliphatic carbocycles. The van der Waals surface area contributed by atoms with E-state index >= 15 is 0 Å². The highest BCUT2D eigenvalue weighted by atomic mass is 16.7. The van der Waals surface area contributed by atoms with Gasteiger partial charge in [0.2, 0.25) is 0 Å². The number of likely N-dealkylation sites (N-methyl/N-ethyl adjacent to an activating group) is 1. The van der Waals surface area contributed by atoms with Crippen molar-refractivity contribution in [1.82, 2.24) is 4.90 Å². The quantitative estimate of drug-likeness (QED) is 0.144. The third-order valence-corrected chi connectivity index (χ3v) is 12.7. The van der Waals surface area contributed by atoms with E-state index in [1.54, 1.807) is 41.5 Å². The molecule has 19 atom stereocenters. The van der Waals surface area contributed by atoms with Crippen molar-refractivity contribution < 1.29 is 77.8 Å². The summed E-state index contributed by atoms with van der Waals surface area (Å²) < 4.78 is 48.2. The van der Waals surface area contributed by atoms with Crippen molar-refractivity contribution in [3.05, 3.63) is 0 Å². The largest absolute Gasteiger partial charge is 0.506 e. The minimum absolute atomic E-state index is 0.0315. The van der Waals surface area contributed by atoms with Gasteiger partial charge in [-0.25, -0.2) is 9.59 Å². The molecule has 3 saturated heterocycles. The number of carbonyl (C=O) groups is 3. The van der Waals surface area contributed by atoms with E-state index in [0.29, 0.717) is 6.42 Å². The summed E-state index contributed by atoms with van der Waals surface area (Å²) in [6.07, 6.45) is -14.0. The summed E-state index contributed by atoms with van der Waals surface area (Å²) in [6.45, 7) is 16.2. The van der Waals surface area contributed by atoms with Crippen LogP contribution in [0.2, 0.25) is 0 Å². The molecule has 0 saturated carbocycles. The molecule has 3 fully saturated rings. The Balaban J connectivity index is 2.28. The second kappa shape index (κ2) is 19.3. The highest BCUT2D eigenvalue weighted by molar-refractivity contribution is 5.73. The molecule has 0 aromatic carbocycles. The van der Waals surface area contributed by atoms with Gasteiger partial charge in [-0.05, 0) is 80.8 Å². The van der Waals surface area contributed by atoms with Gasteiger partial charge >= 0.3 is 18.3 Å². The maximum Gasteiger partial charge on any atom is 0.506 e. The summed E-state index contributed by atoms with van der Waals surface area (Å²) in [5.74, 6) is -4.57. The molecule has 3 aliphatic heterocycles. The predicted octanol–water partition coefficient (Wildman–Crippen LogP) is 2.95. The number of nitrogens with zero attached hydrogens (tertiary/aromatic N) is 1. The molecule has 332 valence electrons. The van der Waals surface area contributed by atoms with Crippen molar-refractivity contribution in [3.8, 4) is 0 Å². The van der Waals surface area contributed by atoms with Crippen LogP contribution in [-0.2, 0) is 42.7 Å². The van der Waals surface area contributed by atoms with Gasteiger partial charge in [0.1, 0.15) is 18.3 Å². The normalized spacial score (nSPS) is 46.7. The third kappa shape index (κ3) is 11.1. The Kier molecular flexibility index (Phi) is 16.6. The zero-order chi connectivity index (χ0) is 43.5. The van der Waals surface area contributed by atoms with E-state index in [-0.39, 0.29) is 31.4 Å². The average Bonchev–Trinajstić information content (AvgIpc) is 3.11. The number of nitrogens with two attached hydrogens (primary N) is 1. The predicted molar refractivity (Wildman–Crippen MR) is 203 cm³/mol. The van der Waals surface area contributed by atoms with Gasteiger partial charge in [0.05, 0.1) is 41.5 Å². The topological polar surface area (TPSA) is 255 Å². The molecule has 18 nitrogen and oxygen atoms in total. The van der Waals surface area contributed by atoms with Crippen LogP contribution in [0.15, 0.2) is 0 Å². The highest BCUT2D eigenvalue weighted by Crippen LogP contribution is 2.42. The summed E-state index contributed by atoms with van der Waals surface area (Å²) in [5, 5.41) is 54.9. The molecule has 0 bridgehead atoms. The molecule has 3 rings (SSSR count). The molecule has 0 aromatic rings. The molecule has 3 heterocycles. The first kappa shape index (κ1) is 49.0. The smallest absolute Gasteiger partial charge is 0.458 e. The number of carboxylic acid groups (broad SMARTS) is 2. The van der Waals surface area contributed by atoms with Crippen LogP contribution in [0, 0.1) is 23.7 Å². The highest BCUT2D eigenvalue weighted by Gasteiger charge is 2.56. The van der Waals surface area contributed by atoms with Crippen LogP contribution in [0.4, 0.5) is 9.59 Å². The van der Waals surface area contributed by atoms with Crippen LogP contribution in [0.25, 0.3) is 0 Å². The van der Waals surface area contributed by atoms with Gasteiger partial charge in [0.25, 0.3) is 0 Å². The van der Waals surface area contributed by atoms with E-state index in [2.05, 4.69) is 0 Å². The summed E-state index contributed by atoms with van der Waals surface area (Å²) in [7, 11) is 5.12. The summed E-state index contributed by atoms with van der Waals surface area (Å²) >= 11 is 0. The Bertz CT molecular complexity index is 1350. The summed E-state index contributed by atoms with van der Waals surface area (Å²) in [6, 6.07) is -1.32. The average molecular weight is 823 g/mol. The van der Waals surface area contributed by atoms with Crippen LogP contribution >= 0.6 is 0 Å². The number of methoxy groups -OCH3 is 1. The first-order valence-corrected chi connectivity index (χ1v) is 19.9. The maximum absolute atomic E-state index is 14.5. The Morgan fingerprint density at radius 2 is 1.54 bits per heavy atom. The fourth-order valence-corrected chi connectivity index (χ4v) is 9.24. The molecule has 0 radical (unpaired) electrons. The molecule has 18 heteroatoms. The number of esters is 1. The first-order chi connectivity index (χ1) is 26.2. The fourth-order valence-electron chi connectivity index (χ4n) is 9.24. The van der Waals surface area contributed by atoms with Gasteiger partial charge in [0, 0.05) is 37.5 Å².